The van der Waals surface area contributed by atoms with Crippen molar-refractivity contribution in [3.05, 3.63) is 0 Å². The topological polar surface area (TPSA) is 41.1 Å². The number of carbonyl (C=O) groups is 1. The minimum atomic E-state index is 0.0344. The van der Waals surface area contributed by atoms with Gasteiger partial charge in [0.2, 0.25) is 5.91 Å². The van der Waals surface area contributed by atoms with E-state index in [-0.39, 0.29) is 11.9 Å². The number of hydrogen-bond acceptors (Lipinski definition) is 2. The molecule has 4 heteroatoms. The summed E-state index contributed by atoms with van der Waals surface area (Å²) in [7, 11) is 0. The number of hydrogen-bond donors (Lipinski definition) is 2. The molecule has 1 atom stereocenters. The first-order valence-electron chi connectivity index (χ1n) is 3.82. The van der Waals surface area contributed by atoms with Crippen molar-refractivity contribution in [2.24, 2.45) is 0 Å². The van der Waals surface area contributed by atoms with E-state index < -0.39 is 0 Å². The molecule has 1 fully saturated rings. The van der Waals surface area contributed by atoms with E-state index in [2.05, 4.69) is 17.6 Å². The maximum absolute atomic E-state index is 10.9. The Morgan fingerprint density at radius 3 is 3.00 bits per heavy atom. The quantitative estimate of drug-likeness (QED) is 0.598. The lowest BCUT2D eigenvalue weighted by Gasteiger charge is -2.24. The van der Waals surface area contributed by atoms with Gasteiger partial charge in [-0.25, -0.2) is 0 Å². The van der Waals surface area contributed by atoms with Gasteiger partial charge in [-0.05, 0) is 18.6 Å². The maximum Gasteiger partial charge on any atom is 0.228 e. The van der Waals surface area contributed by atoms with E-state index in [1.165, 1.54) is 0 Å². The third-order valence-electron chi connectivity index (χ3n) is 1.66. The summed E-state index contributed by atoms with van der Waals surface area (Å²) in [4.78, 5) is 10.9. The third kappa shape index (κ3) is 2.46. The van der Waals surface area contributed by atoms with Crippen LogP contribution in [0.2, 0.25) is 0 Å². The predicted octanol–water partition coefficient (Wildman–Crippen LogP) is 0.550. The van der Waals surface area contributed by atoms with E-state index in [1.807, 2.05) is 0 Å². The van der Waals surface area contributed by atoms with Crippen LogP contribution >= 0.6 is 12.2 Å². The zero-order chi connectivity index (χ0) is 8.27. The molecular formula is C7H12N2OS. The highest BCUT2D eigenvalue weighted by Gasteiger charge is 2.19. The highest BCUT2D eigenvalue weighted by molar-refractivity contribution is 7.80. The fraction of sp³-hybridized carbons (Fsp3) is 0.714. The van der Waals surface area contributed by atoms with Gasteiger partial charge in [0, 0.05) is 12.5 Å². The number of nitrogens with one attached hydrogen (secondary N) is 2. The van der Waals surface area contributed by atoms with E-state index in [0.29, 0.717) is 11.5 Å². The Bertz CT molecular complexity index is 165. The summed E-state index contributed by atoms with van der Waals surface area (Å²) in [6, 6.07) is 0.251. The van der Waals surface area contributed by atoms with Crippen molar-refractivity contribution in [2.75, 3.05) is 0 Å². The smallest absolute Gasteiger partial charge is 0.228 e. The second-order valence-corrected chi connectivity index (χ2v) is 3.12. The molecule has 0 spiro atoms. The van der Waals surface area contributed by atoms with Crippen molar-refractivity contribution in [3.8, 4) is 0 Å². The van der Waals surface area contributed by atoms with Gasteiger partial charge in [0.15, 0.2) is 5.11 Å². The van der Waals surface area contributed by atoms with E-state index in [1.54, 1.807) is 0 Å². The van der Waals surface area contributed by atoms with Gasteiger partial charge >= 0.3 is 0 Å². The van der Waals surface area contributed by atoms with E-state index in [9.17, 15) is 4.79 Å². The van der Waals surface area contributed by atoms with Crippen molar-refractivity contribution in [1.82, 2.24) is 10.6 Å². The summed E-state index contributed by atoms with van der Waals surface area (Å²) >= 11 is 4.83. The Hall–Kier alpha value is -0.640. The van der Waals surface area contributed by atoms with Crippen LogP contribution in [0.5, 0.6) is 0 Å². The van der Waals surface area contributed by atoms with Crippen molar-refractivity contribution in [1.29, 1.82) is 0 Å². The Kier molecular flexibility index (Phi) is 2.82. The predicted molar refractivity (Wildman–Crippen MR) is 47.2 cm³/mol. The van der Waals surface area contributed by atoms with Crippen LogP contribution in [-0.2, 0) is 4.79 Å². The summed E-state index contributed by atoms with van der Waals surface area (Å²) in [6.45, 7) is 2.09. The molecule has 0 aromatic carbocycles. The van der Waals surface area contributed by atoms with Gasteiger partial charge in [0.25, 0.3) is 0 Å². The van der Waals surface area contributed by atoms with Crippen LogP contribution in [0.25, 0.3) is 0 Å². The zero-order valence-corrected chi connectivity index (χ0v) is 7.33. The summed E-state index contributed by atoms with van der Waals surface area (Å²) in [5, 5.41) is 6.07. The number of amides is 1. The second-order valence-electron chi connectivity index (χ2n) is 2.71. The lowest BCUT2D eigenvalue weighted by atomic mass is 10.1. The van der Waals surface area contributed by atoms with Gasteiger partial charge < -0.3 is 10.6 Å². The van der Waals surface area contributed by atoms with Gasteiger partial charge in [0.05, 0.1) is 0 Å². The van der Waals surface area contributed by atoms with Crippen molar-refractivity contribution in [3.63, 3.8) is 0 Å². The molecule has 62 valence electrons. The molecule has 1 unspecified atom stereocenters. The summed E-state index contributed by atoms with van der Waals surface area (Å²) in [6.07, 6.45) is 2.63. The molecule has 1 amide bonds. The second kappa shape index (κ2) is 3.67. The Balaban J connectivity index is 2.43. The molecule has 1 aliphatic rings. The highest BCUT2D eigenvalue weighted by atomic mass is 32.1. The van der Waals surface area contributed by atoms with Crippen LogP contribution < -0.4 is 10.6 Å². The molecule has 11 heavy (non-hydrogen) atoms. The van der Waals surface area contributed by atoms with Gasteiger partial charge in [-0.15, -0.1) is 0 Å². The van der Waals surface area contributed by atoms with Crippen molar-refractivity contribution >= 4 is 23.2 Å². The fourth-order valence-corrected chi connectivity index (χ4v) is 1.48. The van der Waals surface area contributed by atoms with E-state index in [0.717, 1.165) is 12.8 Å². The molecule has 0 aromatic heterocycles. The van der Waals surface area contributed by atoms with Crippen LogP contribution in [0.3, 0.4) is 0 Å². The van der Waals surface area contributed by atoms with Gasteiger partial charge in [-0.3, -0.25) is 4.79 Å². The first-order valence-corrected chi connectivity index (χ1v) is 4.23. The minimum Gasteiger partial charge on any atom is -0.359 e. The van der Waals surface area contributed by atoms with Gasteiger partial charge in [-0.2, -0.15) is 0 Å². The maximum atomic E-state index is 10.9. The molecule has 3 nitrogen and oxygen atoms in total. The molecular weight excluding hydrogens is 160 g/mol. The van der Waals surface area contributed by atoms with Crippen LogP contribution in [0, 0.1) is 0 Å². The SMILES string of the molecule is CCCC1CC(=O)NC(=S)N1. The molecule has 1 heterocycles. The molecule has 1 rings (SSSR count). The first kappa shape index (κ1) is 8.46. The standard InChI is InChI=1S/C7H12N2OS/c1-2-3-5-4-6(10)9-7(11)8-5/h5H,2-4H2,1H3,(H2,8,9,10,11). The molecule has 1 aliphatic heterocycles. The summed E-state index contributed by atoms with van der Waals surface area (Å²) in [5.74, 6) is 0.0344. The lowest BCUT2D eigenvalue weighted by Crippen LogP contribution is -2.51. The summed E-state index contributed by atoms with van der Waals surface area (Å²) < 4.78 is 0. The average molecular weight is 172 g/mol. The van der Waals surface area contributed by atoms with Crippen LogP contribution in [0.15, 0.2) is 0 Å². The molecule has 0 bridgehead atoms. The molecule has 2 N–H and O–H groups in total. The lowest BCUT2D eigenvalue weighted by molar-refractivity contribution is -0.120. The van der Waals surface area contributed by atoms with Crippen LogP contribution in [0.1, 0.15) is 26.2 Å². The fourth-order valence-electron chi connectivity index (χ4n) is 1.20. The van der Waals surface area contributed by atoms with Gasteiger partial charge in [-0.1, -0.05) is 13.3 Å². The highest BCUT2D eigenvalue weighted by Crippen LogP contribution is 2.04. The van der Waals surface area contributed by atoms with E-state index >= 15 is 0 Å². The van der Waals surface area contributed by atoms with Crippen molar-refractivity contribution < 1.29 is 4.79 Å². The number of carbonyl (C=O) groups excluding carboxylic acids is 1. The number of thiocarbonyl (C=S) groups is 1. The van der Waals surface area contributed by atoms with Crippen LogP contribution in [-0.4, -0.2) is 17.1 Å². The Labute approximate surface area is 71.5 Å². The molecule has 0 aromatic rings. The van der Waals surface area contributed by atoms with Crippen LogP contribution in [0.4, 0.5) is 0 Å². The third-order valence-corrected chi connectivity index (χ3v) is 1.88. The Morgan fingerprint density at radius 1 is 1.73 bits per heavy atom. The molecule has 0 saturated carbocycles. The van der Waals surface area contributed by atoms with E-state index in [4.69, 9.17) is 12.2 Å². The summed E-state index contributed by atoms with van der Waals surface area (Å²) in [5.41, 5.74) is 0. The monoisotopic (exact) mass is 172 g/mol. The number of rotatable bonds is 2. The minimum absolute atomic E-state index is 0.0344. The normalized spacial score (nSPS) is 24.3. The Morgan fingerprint density at radius 2 is 2.45 bits per heavy atom. The molecule has 0 aliphatic carbocycles. The average Bonchev–Trinajstić information content (AvgIpc) is 1.85. The largest absolute Gasteiger partial charge is 0.359 e. The zero-order valence-electron chi connectivity index (χ0n) is 6.52. The van der Waals surface area contributed by atoms with Gasteiger partial charge in [0.1, 0.15) is 0 Å². The molecule has 0 radical (unpaired) electrons. The van der Waals surface area contributed by atoms with Crippen molar-refractivity contribution in [2.45, 2.75) is 32.2 Å². The first-order chi connectivity index (χ1) is 5.22. The molecule has 1 saturated heterocycles.